The van der Waals surface area contributed by atoms with Gasteiger partial charge in [-0.1, -0.05) is 22.5 Å². The van der Waals surface area contributed by atoms with E-state index >= 15 is 0 Å². The van der Waals surface area contributed by atoms with Crippen molar-refractivity contribution in [2.45, 2.75) is 13.5 Å². The Morgan fingerprint density at radius 2 is 2.12 bits per heavy atom. The first-order valence-electron chi connectivity index (χ1n) is 5.08. The van der Waals surface area contributed by atoms with E-state index in [4.69, 9.17) is 15.2 Å². The highest BCUT2D eigenvalue weighted by atomic mass is 32.1. The Morgan fingerprint density at radius 1 is 1.29 bits per heavy atom. The second-order valence-corrected chi connectivity index (χ2v) is 4.52. The van der Waals surface area contributed by atoms with Crippen LogP contribution < -0.4 is 15.2 Å². The zero-order chi connectivity index (χ0) is 12.3. The van der Waals surface area contributed by atoms with Crippen molar-refractivity contribution in [3.05, 3.63) is 28.8 Å². The Balaban J connectivity index is 2.26. The molecule has 0 saturated heterocycles. The second kappa shape index (κ2) is 5.11. The normalized spacial score (nSPS) is 10.3. The number of methoxy groups -OCH3 is 1. The number of benzene rings is 1. The van der Waals surface area contributed by atoms with Crippen LogP contribution in [0.2, 0.25) is 0 Å². The Labute approximate surface area is 103 Å². The molecule has 0 spiro atoms. The van der Waals surface area contributed by atoms with Crippen molar-refractivity contribution >= 4 is 11.3 Å². The number of rotatable bonds is 4. The molecule has 1 aromatic heterocycles. The number of nitrogens with zero attached hydrogens (tertiary/aromatic N) is 2. The fourth-order valence-corrected chi connectivity index (χ4v) is 1.88. The largest absolute Gasteiger partial charge is 0.493 e. The van der Waals surface area contributed by atoms with Crippen LogP contribution in [0.25, 0.3) is 0 Å². The molecule has 0 bridgehead atoms. The molecule has 2 rings (SSSR count). The molecule has 0 unspecified atom stereocenters. The van der Waals surface area contributed by atoms with E-state index in [9.17, 15) is 0 Å². The SMILES string of the molecule is COc1cc(CN)ccc1Oc1nnc(C)s1. The maximum atomic E-state index is 5.60. The third-order valence-corrected chi connectivity index (χ3v) is 2.89. The lowest BCUT2D eigenvalue weighted by Crippen LogP contribution is -1.98. The Bertz CT molecular complexity index is 513. The second-order valence-electron chi connectivity index (χ2n) is 3.38. The molecule has 1 aromatic carbocycles. The minimum atomic E-state index is 0.467. The van der Waals surface area contributed by atoms with E-state index in [2.05, 4.69) is 10.2 Å². The van der Waals surface area contributed by atoms with Crippen LogP contribution in [0.3, 0.4) is 0 Å². The monoisotopic (exact) mass is 251 g/mol. The number of nitrogens with two attached hydrogens (primary N) is 1. The number of aromatic nitrogens is 2. The van der Waals surface area contributed by atoms with Gasteiger partial charge in [-0.2, -0.15) is 0 Å². The molecule has 90 valence electrons. The van der Waals surface area contributed by atoms with E-state index in [0.29, 0.717) is 23.2 Å². The molecular weight excluding hydrogens is 238 g/mol. The van der Waals surface area contributed by atoms with Gasteiger partial charge in [-0.15, -0.1) is 5.10 Å². The fourth-order valence-electron chi connectivity index (χ4n) is 1.34. The Morgan fingerprint density at radius 3 is 2.71 bits per heavy atom. The van der Waals surface area contributed by atoms with Gasteiger partial charge in [0.15, 0.2) is 11.5 Å². The van der Waals surface area contributed by atoms with Crippen molar-refractivity contribution in [3.8, 4) is 16.7 Å². The molecule has 2 aromatic rings. The third-order valence-electron chi connectivity index (χ3n) is 2.17. The number of aryl methyl sites for hydroxylation is 1. The molecular formula is C11H13N3O2S. The Kier molecular flexibility index (Phi) is 3.55. The summed E-state index contributed by atoms with van der Waals surface area (Å²) in [6.07, 6.45) is 0. The van der Waals surface area contributed by atoms with Crippen molar-refractivity contribution in [1.29, 1.82) is 0 Å². The fraction of sp³-hybridized carbons (Fsp3) is 0.273. The van der Waals surface area contributed by atoms with Crippen LogP contribution in [0.4, 0.5) is 0 Å². The summed E-state index contributed by atoms with van der Waals surface area (Å²) in [5.41, 5.74) is 6.55. The zero-order valence-electron chi connectivity index (χ0n) is 9.64. The summed E-state index contributed by atoms with van der Waals surface area (Å²) in [7, 11) is 1.59. The Hall–Kier alpha value is -1.66. The molecule has 0 aliphatic heterocycles. The lowest BCUT2D eigenvalue weighted by molar-refractivity contribution is 0.376. The van der Waals surface area contributed by atoms with E-state index in [-0.39, 0.29) is 0 Å². The van der Waals surface area contributed by atoms with E-state index < -0.39 is 0 Å². The number of hydrogen-bond acceptors (Lipinski definition) is 6. The van der Waals surface area contributed by atoms with Crippen molar-refractivity contribution in [2.75, 3.05) is 7.11 Å². The quantitative estimate of drug-likeness (QED) is 0.901. The molecule has 2 N–H and O–H groups in total. The van der Waals surface area contributed by atoms with Crippen LogP contribution >= 0.6 is 11.3 Å². The van der Waals surface area contributed by atoms with Gasteiger partial charge in [-0.25, -0.2) is 0 Å². The van der Waals surface area contributed by atoms with Gasteiger partial charge in [0.1, 0.15) is 5.01 Å². The zero-order valence-corrected chi connectivity index (χ0v) is 10.5. The van der Waals surface area contributed by atoms with Crippen LogP contribution in [0.5, 0.6) is 16.7 Å². The van der Waals surface area contributed by atoms with Crippen LogP contribution in [0.15, 0.2) is 18.2 Å². The van der Waals surface area contributed by atoms with E-state index in [1.807, 2.05) is 25.1 Å². The summed E-state index contributed by atoms with van der Waals surface area (Å²) in [6.45, 7) is 2.34. The molecule has 0 amide bonds. The average Bonchev–Trinajstić information content (AvgIpc) is 2.75. The van der Waals surface area contributed by atoms with Crippen molar-refractivity contribution in [1.82, 2.24) is 10.2 Å². The summed E-state index contributed by atoms with van der Waals surface area (Å²) in [6, 6.07) is 5.56. The van der Waals surface area contributed by atoms with Crippen LogP contribution in [0.1, 0.15) is 10.6 Å². The molecule has 0 radical (unpaired) electrons. The van der Waals surface area contributed by atoms with Gasteiger partial charge in [-0.05, 0) is 24.6 Å². The molecule has 6 heteroatoms. The average molecular weight is 251 g/mol. The van der Waals surface area contributed by atoms with Gasteiger partial charge in [0, 0.05) is 6.54 Å². The topological polar surface area (TPSA) is 70.3 Å². The highest BCUT2D eigenvalue weighted by molar-refractivity contribution is 7.13. The first-order chi connectivity index (χ1) is 8.22. The molecule has 1 heterocycles. The van der Waals surface area contributed by atoms with Crippen molar-refractivity contribution in [2.24, 2.45) is 5.73 Å². The maximum absolute atomic E-state index is 5.60. The van der Waals surface area contributed by atoms with Gasteiger partial charge < -0.3 is 15.2 Å². The van der Waals surface area contributed by atoms with Gasteiger partial charge in [-0.3, -0.25) is 0 Å². The molecule has 0 saturated carbocycles. The lowest BCUT2D eigenvalue weighted by atomic mass is 10.2. The van der Waals surface area contributed by atoms with Crippen LogP contribution in [0, 0.1) is 6.92 Å². The third kappa shape index (κ3) is 2.72. The smallest absolute Gasteiger partial charge is 0.299 e. The van der Waals surface area contributed by atoms with Crippen molar-refractivity contribution in [3.63, 3.8) is 0 Å². The van der Waals surface area contributed by atoms with Crippen molar-refractivity contribution < 1.29 is 9.47 Å². The summed E-state index contributed by atoms with van der Waals surface area (Å²) >= 11 is 1.39. The van der Waals surface area contributed by atoms with Gasteiger partial charge >= 0.3 is 0 Å². The lowest BCUT2D eigenvalue weighted by Gasteiger charge is -2.08. The highest BCUT2D eigenvalue weighted by Gasteiger charge is 2.09. The van der Waals surface area contributed by atoms with Gasteiger partial charge in [0.05, 0.1) is 7.11 Å². The molecule has 0 atom stereocenters. The minimum Gasteiger partial charge on any atom is -0.493 e. The van der Waals surface area contributed by atoms with Crippen LogP contribution in [-0.2, 0) is 6.54 Å². The number of hydrogen-bond donors (Lipinski definition) is 1. The van der Waals surface area contributed by atoms with Gasteiger partial charge in [0.2, 0.25) is 0 Å². The first-order valence-corrected chi connectivity index (χ1v) is 5.89. The van der Waals surface area contributed by atoms with Gasteiger partial charge in [0.25, 0.3) is 5.19 Å². The predicted octanol–water partition coefficient (Wildman–Crippen LogP) is 2.11. The standard InChI is InChI=1S/C11H13N3O2S/c1-7-13-14-11(17-7)16-9-4-3-8(6-12)5-10(9)15-2/h3-5H,6,12H2,1-2H3. The molecule has 0 fully saturated rings. The summed E-state index contributed by atoms with van der Waals surface area (Å²) in [5, 5.41) is 9.14. The van der Waals surface area contributed by atoms with E-state index in [0.717, 1.165) is 10.6 Å². The maximum Gasteiger partial charge on any atom is 0.299 e. The van der Waals surface area contributed by atoms with Crippen LogP contribution in [-0.4, -0.2) is 17.3 Å². The molecule has 0 aliphatic rings. The predicted molar refractivity (Wildman–Crippen MR) is 65.6 cm³/mol. The molecule has 5 nitrogen and oxygen atoms in total. The molecule has 17 heavy (non-hydrogen) atoms. The summed E-state index contributed by atoms with van der Waals surface area (Å²) in [5.74, 6) is 1.25. The molecule has 0 aliphatic carbocycles. The minimum absolute atomic E-state index is 0.467. The van der Waals surface area contributed by atoms with E-state index in [1.165, 1.54) is 11.3 Å². The van der Waals surface area contributed by atoms with E-state index in [1.54, 1.807) is 7.11 Å². The summed E-state index contributed by atoms with van der Waals surface area (Å²) < 4.78 is 10.8. The highest BCUT2D eigenvalue weighted by Crippen LogP contribution is 2.33. The summed E-state index contributed by atoms with van der Waals surface area (Å²) in [4.78, 5) is 0. The first kappa shape index (κ1) is 11.8. The number of ether oxygens (including phenoxy) is 2.